The monoisotopic (exact) mass is 252 g/mol. The number of hydrogen-bond donors (Lipinski definition) is 2. The molecule has 0 saturated heterocycles. The predicted molar refractivity (Wildman–Crippen MR) is 73.0 cm³/mol. The molecule has 2 N–H and O–H groups in total. The Bertz CT molecular complexity index is 748. The quantitative estimate of drug-likeness (QED) is 0.736. The Kier molecular flexibility index (Phi) is 2.72. The molecule has 2 heterocycles. The van der Waals surface area contributed by atoms with E-state index in [0.29, 0.717) is 5.56 Å². The molecule has 0 aliphatic heterocycles. The molecule has 3 aromatic rings. The molecule has 1 aromatic carbocycles. The van der Waals surface area contributed by atoms with Gasteiger partial charge in [-0.25, -0.2) is 0 Å². The number of aromatic nitrogens is 3. The van der Waals surface area contributed by atoms with Gasteiger partial charge in [0.25, 0.3) is 5.91 Å². The Balaban J connectivity index is 1.89. The summed E-state index contributed by atoms with van der Waals surface area (Å²) >= 11 is 0. The van der Waals surface area contributed by atoms with Crippen LogP contribution < -0.4 is 5.32 Å². The van der Waals surface area contributed by atoms with Crippen LogP contribution in [0.3, 0.4) is 0 Å². The molecule has 1 amide bonds. The highest BCUT2D eigenvalue weighted by Gasteiger charge is 2.10. The molecule has 5 heteroatoms. The lowest BCUT2D eigenvalue weighted by Crippen LogP contribution is -2.12. The summed E-state index contributed by atoms with van der Waals surface area (Å²) in [6.45, 7) is 1.81. The van der Waals surface area contributed by atoms with E-state index < -0.39 is 0 Å². The molecule has 0 spiro atoms. The summed E-state index contributed by atoms with van der Waals surface area (Å²) in [4.78, 5) is 16.3. The van der Waals surface area contributed by atoms with Crippen molar-refractivity contribution in [1.29, 1.82) is 0 Å². The molecule has 3 rings (SSSR count). The first-order valence-corrected chi connectivity index (χ1v) is 5.90. The number of carbonyl (C=O) groups excluding carboxylic acids is 1. The number of anilines is 1. The highest BCUT2D eigenvalue weighted by atomic mass is 16.1. The smallest absolute Gasteiger partial charge is 0.259 e. The van der Waals surface area contributed by atoms with Crippen LogP contribution in [-0.4, -0.2) is 21.1 Å². The van der Waals surface area contributed by atoms with Crippen molar-refractivity contribution in [3.63, 3.8) is 0 Å². The van der Waals surface area contributed by atoms with E-state index in [4.69, 9.17) is 0 Å². The first-order chi connectivity index (χ1) is 9.24. The van der Waals surface area contributed by atoms with E-state index >= 15 is 0 Å². The number of H-pyrrole nitrogens is 1. The summed E-state index contributed by atoms with van der Waals surface area (Å²) in [5, 5.41) is 10.4. The summed E-state index contributed by atoms with van der Waals surface area (Å²) in [6.07, 6.45) is 3.27. The molecule has 0 aliphatic carbocycles. The molecule has 0 fully saturated rings. The second kappa shape index (κ2) is 4.53. The van der Waals surface area contributed by atoms with Crippen LogP contribution in [0, 0.1) is 6.92 Å². The highest BCUT2D eigenvalue weighted by molar-refractivity contribution is 6.05. The number of carbonyl (C=O) groups is 1. The maximum absolute atomic E-state index is 12.0. The Morgan fingerprint density at radius 2 is 2.21 bits per heavy atom. The zero-order chi connectivity index (χ0) is 13.2. The molecule has 0 saturated carbocycles. The Hall–Kier alpha value is -2.69. The van der Waals surface area contributed by atoms with Gasteiger partial charge in [0.15, 0.2) is 0 Å². The van der Waals surface area contributed by atoms with Gasteiger partial charge < -0.3 is 5.32 Å². The van der Waals surface area contributed by atoms with Crippen molar-refractivity contribution in [1.82, 2.24) is 15.2 Å². The molecule has 0 bridgehead atoms. The van der Waals surface area contributed by atoms with Crippen molar-refractivity contribution in [2.24, 2.45) is 0 Å². The molecule has 2 aromatic heterocycles. The first-order valence-electron chi connectivity index (χ1n) is 5.90. The Morgan fingerprint density at radius 1 is 1.32 bits per heavy atom. The predicted octanol–water partition coefficient (Wildman–Crippen LogP) is 2.52. The van der Waals surface area contributed by atoms with Gasteiger partial charge in [-0.15, -0.1) is 0 Å². The minimum absolute atomic E-state index is 0.172. The molecule has 0 radical (unpaired) electrons. The van der Waals surface area contributed by atoms with Gasteiger partial charge in [-0.3, -0.25) is 14.9 Å². The number of aromatic amines is 1. The van der Waals surface area contributed by atoms with E-state index in [1.165, 1.54) is 6.20 Å². The standard InChI is InChI=1S/C14H12N4O/c1-9-12(8-16-18-9)14(19)17-11-4-5-13-10(7-11)3-2-6-15-13/h2-8H,1H3,(H,16,18)(H,17,19). The van der Waals surface area contributed by atoms with Gasteiger partial charge in [-0.1, -0.05) is 6.07 Å². The largest absolute Gasteiger partial charge is 0.322 e. The number of aryl methyl sites for hydroxylation is 1. The third kappa shape index (κ3) is 2.18. The van der Waals surface area contributed by atoms with Crippen LogP contribution >= 0.6 is 0 Å². The molecule has 0 aliphatic rings. The second-order valence-electron chi connectivity index (χ2n) is 4.27. The molecule has 5 nitrogen and oxygen atoms in total. The Labute approximate surface area is 109 Å². The fourth-order valence-electron chi connectivity index (χ4n) is 1.93. The second-order valence-corrected chi connectivity index (χ2v) is 4.27. The van der Waals surface area contributed by atoms with E-state index in [9.17, 15) is 4.79 Å². The van der Waals surface area contributed by atoms with Crippen LogP contribution in [0.25, 0.3) is 10.9 Å². The molecule has 0 atom stereocenters. The van der Waals surface area contributed by atoms with E-state index in [-0.39, 0.29) is 5.91 Å². The minimum Gasteiger partial charge on any atom is -0.322 e. The zero-order valence-corrected chi connectivity index (χ0v) is 10.3. The fourth-order valence-corrected chi connectivity index (χ4v) is 1.93. The summed E-state index contributed by atoms with van der Waals surface area (Å²) in [5.74, 6) is -0.172. The number of rotatable bonds is 2. The minimum atomic E-state index is -0.172. The molecule has 19 heavy (non-hydrogen) atoms. The van der Waals surface area contributed by atoms with Crippen molar-refractivity contribution in [3.8, 4) is 0 Å². The van der Waals surface area contributed by atoms with E-state index in [2.05, 4.69) is 20.5 Å². The van der Waals surface area contributed by atoms with Crippen LogP contribution in [0.2, 0.25) is 0 Å². The zero-order valence-electron chi connectivity index (χ0n) is 10.3. The van der Waals surface area contributed by atoms with Crippen LogP contribution in [0.5, 0.6) is 0 Å². The lowest BCUT2D eigenvalue weighted by atomic mass is 10.2. The lowest BCUT2D eigenvalue weighted by molar-refractivity contribution is 0.102. The molecule has 94 valence electrons. The summed E-state index contributed by atoms with van der Waals surface area (Å²) in [5.41, 5.74) is 2.94. The summed E-state index contributed by atoms with van der Waals surface area (Å²) in [7, 11) is 0. The number of hydrogen-bond acceptors (Lipinski definition) is 3. The highest BCUT2D eigenvalue weighted by Crippen LogP contribution is 2.18. The van der Waals surface area contributed by atoms with Crippen LogP contribution in [0.15, 0.2) is 42.7 Å². The van der Waals surface area contributed by atoms with Crippen molar-refractivity contribution >= 4 is 22.5 Å². The van der Waals surface area contributed by atoms with Crippen molar-refractivity contribution in [3.05, 3.63) is 54.0 Å². The molecular weight excluding hydrogens is 240 g/mol. The summed E-state index contributed by atoms with van der Waals surface area (Å²) < 4.78 is 0. The van der Waals surface area contributed by atoms with Crippen molar-refractivity contribution < 1.29 is 4.79 Å². The van der Waals surface area contributed by atoms with Gasteiger partial charge in [-0.2, -0.15) is 5.10 Å². The normalized spacial score (nSPS) is 10.6. The van der Waals surface area contributed by atoms with Crippen LogP contribution in [-0.2, 0) is 0 Å². The third-order valence-electron chi connectivity index (χ3n) is 2.94. The maximum atomic E-state index is 12.0. The van der Waals surface area contributed by atoms with E-state index in [1.807, 2.05) is 37.3 Å². The van der Waals surface area contributed by atoms with Gasteiger partial charge in [0.1, 0.15) is 0 Å². The van der Waals surface area contributed by atoms with Gasteiger partial charge in [-0.05, 0) is 31.2 Å². The SMILES string of the molecule is Cc1[nH]ncc1C(=O)Nc1ccc2ncccc2c1. The number of nitrogens with zero attached hydrogens (tertiary/aromatic N) is 2. The lowest BCUT2D eigenvalue weighted by Gasteiger charge is -2.05. The molecular formula is C14H12N4O. The molecule has 0 unspecified atom stereocenters. The fraction of sp³-hybridized carbons (Fsp3) is 0.0714. The van der Waals surface area contributed by atoms with Gasteiger partial charge in [0, 0.05) is 23.0 Å². The number of amides is 1. The maximum Gasteiger partial charge on any atom is 0.259 e. The van der Waals surface area contributed by atoms with Gasteiger partial charge in [0.2, 0.25) is 0 Å². The average molecular weight is 252 g/mol. The first kappa shape index (κ1) is 11.4. The number of fused-ring (bicyclic) bond motifs is 1. The van der Waals surface area contributed by atoms with Gasteiger partial charge >= 0.3 is 0 Å². The summed E-state index contributed by atoms with van der Waals surface area (Å²) in [6, 6.07) is 9.45. The third-order valence-corrected chi connectivity index (χ3v) is 2.94. The number of benzene rings is 1. The number of nitrogens with one attached hydrogen (secondary N) is 2. The van der Waals surface area contributed by atoms with Crippen molar-refractivity contribution in [2.75, 3.05) is 5.32 Å². The topological polar surface area (TPSA) is 70.7 Å². The van der Waals surface area contributed by atoms with E-state index in [0.717, 1.165) is 22.3 Å². The Morgan fingerprint density at radius 3 is 3.00 bits per heavy atom. The average Bonchev–Trinajstić information content (AvgIpc) is 2.85. The van der Waals surface area contributed by atoms with Gasteiger partial charge in [0.05, 0.1) is 17.3 Å². The van der Waals surface area contributed by atoms with Crippen LogP contribution in [0.4, 0.5) is 5.69 Å². The number of pyridine rings is 1. The van der Waals surface area contributed by atoms with Crippen LogP contribution in [0.1, 0.15) is 16.1 Å². The van der Waals surface area contributed by atoms with Crippen molar-refractivity contribution in [2.45, 2.75) is 6.92 Å². The van der Waals surface area contributed by atoms with E-state index in [1.54, 1.807) is 6.20 Å².